The molecule has 2 aromatic rings. The highest BCUT2D eigenvalue weighted by Gasteiger charge is 2.38. The summed E-state index contributed by atoms with van der Waals surface area (Å²) in [6, 6.07) is 10.8. The maximum Gasteiger partial charge on any atom is 0.357 e. The van der Waals surface area contributed by atoms with Crippen LogP contribution in [-0.4, -0.2) is 29.0 Å². The Morgan fingerprint density at radius 3 is 1.93 bits per heavy atom. The number of non-ortho nitro benzene ring substituents is 2. The van der Waals surface area contributed by atoms with Crippen LogP contribution in [0.1, 0.15) is 35.6 Å². The van der Waals surface area contributed by atoms with E-state index in [0.717, 1.165) is 18.2 Å². The van der Waals surface area contributed by atoms with Crippen LogP contribution in [0.5, 0.6) is 0 Å². The molecule has 0 spiro atoms. The van der Waals surface area contributed by atoms with Gasteiger partial charge in [-0.15, -0.1) is 0 Å². The molecule has 1 unspecified atom stereocenters. The molecule has 0 saturated carbocycles. The zero-order valence-electron chi connectivity index (χ0n) is 16.2. The topological polar surface area (TPSA) is 151 Å². The molecule has 30 heavy (non-hydrogen) atoms. The van der Waals surface area contributed by atoms with Crippen molar-refractivity contribution < 1.29 is 28.3 Å². The summed E-state index contributed by atoms with van der Waals surface area (Å²) in [5.41, 5.74) is -1.17. The fraction of sp³-hybridized carbons (Fsp3) is 0.278. The Morgan fingerprint density at radius 1 is 1.00 bits per heavy atom. The minimum absolute atomic E-state index is 0.0404. The maximum absolute atomic E-state index is 13.4. The Balaban J connectivity index is 2.50. The van der Waals surface area contributed by atoms with Crippen LogP contribution in [0.3, 0.4) is 0 Å². The summed E-state index contributed by atoms with van der Waals surface area (Å²) >= 11 is 0. The number of nitrogens with zero attached hydrogens (tertiary/aromatic N) is 2. The molecule has 0 radical (unpaired) electrons. The molecular weight excluding hydrogens is 417 g/mol. The van der Waals surface area contributed by atoms with Crippen molar-refractivity contribution in [2.75, 3.05) is 13.2 Å². The molecule has 0 aromatic heterocycles. The quantitative estimate of drug-likeness (QED) is 0.330. The molecule has 0 saturated heterocycles. The van der Waals surface area contributed by atoms with Gasteiger partial charge in [0.05, 0.1) is 34.7 Å². The van der Waals surface area contributed by atoms with E-state index in [0.29, 0.717) is 5.56 Å². The zero-order valence-corrected chi connectivity index (χ0v) is 17.1. The molecule has 0 aliphatic carbocycles. The summed E-state index contributed by atoms with van der Waals surface area (Å²) in [7, 11) is -3.89. The van der Waals surface area contributed by atoms with Gasteiger partial charge in [0.2, 0.25) is 0 Å². The first-order chi connectivity index (χ1) is 14.2. The Morgan fingerprint density at radius 2 is 1.50 bits per heavy atom. The fourth-order valence-corrected chi connectivity index (χ4v) is 4.58. The zero-order chi connectivity index (χ0) is 22.3. The SMILES string of the molecule is CCOP(=O)(OCC)C(NC(=O)c1cc([N+](=O)[O-])cc([N+](=O)[O-])c1)c1ccccc1. The van der Waals surface area contributed by atoms with Crippen LogP contribution in [0.4, 0.5) is 11.4 Å². The molecule has 11 nitrogen and oxygen atoms in total. The van der Waals surface area contributed by atoms with E-state index in [9.17, 15) is 29.6 Å². The molecule has 0 fully saturated rings. The normalized spacial score (nSPS) is 12.2. The molecule has 1 amide bonds. The number of nitro groups is 2. The minimum atomic E-state index is -3.89. The number of nitrogens with one attached hydrogen (secondary N) is 1. The molecule has 0 aliphatic rings. The van der Waals surface area contributed by atoms with Crippen molar-refractivity contribution in [3.63, 3.8) is 0 Å². The van der Waals surface area contributed by atoms with Crippen LogP contribution in [0.15, 0.2) is 48.5 Å². The second-order valence-corrected chi connectivity index (χ2v) is 8.03. The van der Waals surface area contributed by atoms with Crippen molar-refractivity contribution >= 4 is 24.9 Å². The van der Waals surface area contributed by atoms with Crippen molar-refractivity contribution in [2.24, 2.45) is 0 Å². The molecule has 2 rings (SSSR count). The third kappa shape index (κ3) is 5.47. The monoisotopic (exact) mass is 437 g/mol. The first-order valence-electron chi connectivity index (χ1n) is 8.90. The lowest BCUT2D eigenvalue weighted by molar-refractivity contribution is -0.394. The summed E-state index contributed by atoms with van der Waals surface area (Å²) in [5.74, 6) is -2.14. The summed E-state index contributed by atoms with van der Waals surface area (Å²) in [4.78, 5) is 33.3. The molecular formula is C18H20N3O8P. The van der Waals surface area contributed by atoms with Gasteiger partial charge in [0.25, 0.3) is 17.3 Å². The van der Waals surface area contributed by atoms with E-state index >= 15 is 0 Å². The average molecular weight is 437 g/mol. The lowest BCUT2D eigenvalue weighted by Crippen LogP contribution is -2.30. The van der Waals surface area contributed by atoms with Gasteiger partial charge in [0.15, 0.2) is 5.78 Å². The van der Waals surface area contributed by atoms with Crippen LogP contribution < -0.4 is 5.32 Å². The third-order valence-corrected chi connectivity index (χ3v) is 6.20. The smallest absolute Gasteiger partial charge is 0.334 e. The average Bonchev–Trinajstić information content (AvgIpc) is 2.72. The van der Waals surface area contributed by atoms with Crippen molar-refractivity contribution in [2.45, 2.75) is 19.6 Å². The van der Waals surface area contributed by atoms with Crippen molar-refractivity contribution in [1.29, 1.82) is 0 Å². The van der Waals surface area contributed by atoms with Gasteiger partial charge in [-0.1, -0.05) is 30.3 Å². The fourth-order valence-electron chi connectivity index (χ4n) is 2.67. The van der Waals surface area contributed by atoms with Crippen LogP contribution in [0, 0.1) is 20.2 Å². The van der Waals surface area contributed by atoms with E-state index in [1.165, 1.54) is 0 Å². The van der Waals surface area contributed by atoms with Crippen molar-refractivity contribution in [3.8, 4) is 0 Å². The molecule has 160 valence electrons. The Kier molecular flexibility index (Phi) is 7.76. The van der Waals surface area contributed by atoms with Gasteiger partial charge in [0, 0.05) is 12.1 Å². The number of benzene rings is 2. The number of nitro benzene ring substituents is 2. The van der Waals surface area contributed by atoms with E-state index in [4.69, 9.17) is 9.05 Å². The summed E-state index contributed by atoms with van der Waals surface area (Å²) in [5, 5.41) is 24.7. The minimum Gasteiger partial charge on any atom is -0.334 e. The summed E-state index contributed by atoms with van der Waals surface area (Å²) in [6.07, 6.45) is 0. The first-order valence-corrected chi connectivity index (χ1v) is 10.5. The first kappa shape index (κ1) is 23.1. The summed E-state index contributed by atoms with van der Waals surface area (Å²) in [6.45, 7) is 3.30. The van der Waals surface area contributed by atoms with Crippen LogP contribution >= 0.6 is 7.60 Å². The lowest BCUT2D eigenvalue weighted by atomic mass is 10.1. The second kappa shape index (κ2) is 10.1. The van der Waals surface area contributed by atoms with Crippen molar-refractivity contribution in [3.05, 3.63) is 79.9 Å². The van der Waals surface area contributed by atoms with Gasteiger partial charge in [-0.05, 0) is 19.4 Å². The van der Waals surface area contributed by atoms with Gasteiger partial charge >= 0.3 is 7.60 Å². The predicted molar refractivity (Wildman–Crippen MR) is 107 cm³/mol. The van der Waals surface area contributed by atoms with Gasteiger partial charge in [-0.25, -0.2) is 0 Å². The van der Waals surface area contributed by atoms with Gasteiger partial charge < -0.3 is 14.4 Å². The number of hydrogen-bond acceptors (Lipinski definition) is 8. The lowest BCUT2D eigenvalue weighted by Gasteiger charge is -2.27. The van der Waals surface area contributed by atoms with E-state index < -0.39 is 40.5 Å². The molecule has 1 N–H and O–H groups in total. The Labute approximate surface area is 171 Å². The van der Waals surface area contributed by atoms with Crippen LogP contribution in [0.2, 0.25) is 0 Å². The number of carbonyl (C=O) groups is 1. The van der Waals surface area contributed by atoms with E-state index in [-0.39, 0.29) is 18.8 Å². The van der Waals surface area contributed by atoms with E-state index in [2.05, 4.69) is 5.32 Å². The second-order valence-electron chi connectivity index (χ2n) is 5.91. The largest absolute Gasteiger partial charge is 0.357 e. The van der Waals surface area contributed by atoms with E-state index in [1.807, 2.05) is 0 Å². The van der Waals surface area contributed by atoms with Crippen LogP contribution in [-0.2, 0) is 13.6 Å². The molecule has 12 heteroatoms. The van der Waals surface area contributed by atoms with Gasteiger partial charge in [0.1, 0.15) is 0 Å². The third-order valence-electron chi connectivity index (χ3n) is 3.90. The summed E-state index contributed by atoms with van der Waals surface area (Å²) < 4.78 is 24.1. The molecule has 0 bridgehead atoms. The maximum atomic E-state index is 13.4. The number of hydrogen-bond donors (Lipinski definition) is 1. The van der Waals surface area contributed by atoms with Gasteiger partial charge in [-0.2, -0.15) is 0 Å². The molecule has 0 heterocycles. The Hall–Kier alpha value is -3.14. The highest BCUT2D eigenvalue weighted by atomic mass is 31.2. The highest BCUT2D eigenvalue weighted by molar-refractivity contribution is 7.54. The highest BCUT2D eigenvalue weighted by Crippen LogP contribution is 2.59. The van der Waals surface area contributed by atoms with E-state index in [1.54, 1.807) is 44.2 Å². The number of carbonyl (C=O) groups excluding carboxylic acids is 1. The Bertz CT molecular complexity index is 940. The number of rotatable bonds is 10. The standard InChI is InChI=1S/C18H20N3O8P/c1-3-28-30(27,29-4-2)18(13-8-6-5-7-9-13)19-17(22)14-10-15(20(23)24)12-16(11-14)21(25)26/h5-12,18H,3-4H2,1-2H3,(H,19,22). The molecule has 1 atom stereocenters. The van der Waals surface area contributed by atoms with Crippen LogP contribution in [0.25, 0.3) is 0 Å². The predicted octanol–water partition coefficient (Wildman–Crippen LogP) is 4.20. The van der Waals surface area contributed by atoms with Crippen molar-refractivity contribution in [1.82, 2.24) is 5.32 Å². The molecule has 2 aromatic carbocycles. The van der Waals surface area contributed by atoms with Gasteiger partial charge in [-0.3, -0.25) is 29.6 Å². The number of amides is 1. The molecule has 0 aliphatic heterocycles.